The van der Waals surface area contributed by atoms with Crippen LogP contribution in [-0.4, -0.2) is 17.5 Å². The third kappa shape index (κ3) is 1.74. The molecule has 0 saturated heterocycles. The number of halogens is 1. The summed E-state index contributed by atoms with van der Waals surface area (Å²) in [6, 6.07) is 5.98. The van der Waals surface area contributed by atoms with Crippen molar-refractivity contribution in [3.05, 3.63) is 28.2 Å². The van der Waals surface area contributed by atoms with Crippen LogP contribution in [0.25, 0.3) is 0 Å². The van der Waals surface area contributed by atoms with Crippen LogP contribution >= 0.6 is 27.9 Å². The third-order valence-corrected chi connectivity index (χ3v) is 3.50. The minimum Gasteiger partial charge on any atom is -0.452 e. The Morgan fingerprint density at radius 2 is 2.43 bits per heavy atom. The molecule has 0 aliphatic carbocycles. The fourth-order valence-corrected chi connectivity index (χ4v) is 2.79. The maximum Gasteiger partial charge on any atom is 0.420 e. The number of methoxy groups -OCH3 is 1. The molecule has 1 aromatic carbocycles. The first kappa shape index (κ1) is 9.86. The van der Waals surface area contributed by atoms with Gasteiger partial charge in [-0.3, -0.25) is 0 Å². The summed E-state index contributed by atoms with van der Waals surface area (Å²) < 4.78 is 7.27. The number of carbonyl (C=O) groups is 1. The van der Waals surface area contributed by atoms with Gasteiger partial charge in [0.1, 0.15) is 0 Å². The van der Waals surface area contributed by atoms with Crippen LogP contribution in [0.5, 0.6) is 0 Å². The van der Waals surface area contributed by atoms with E-state index in [2.05, 4.69) is 20.7 Å². The molecular weight excluding hydrogens is 266 g/mol. The normalized spacial score (nSPS) is 14.0. The van der Waals surface area contributed by atoms with Gasteiger partial charge in [0, 0.05) is 9.37 Å². The van der Waals surface area contributed by atoms with E-state index >= 15 is 0 Å². The summed E-state index contributed by atoms with van der Waals surface area (Å²) in [5.41, 5.74) is 1.16. The average Bonchev–Trinajstić information content (AvgIpc) is 2.59. The molecule has 0 radical (unpaired) electrons. The molecule has 1 aromatic rings. The van der Waals surface area contributed by atoms with Crippen molar-refractivity contribution >= 4 is 34.0 Å². The quantitative estimate of drug-likeness (QED) is 0.681. The van der Waals surface area contributed by atoms with E-state index in [4.69, 9.17) is 0 Å². The highest BCUT2D eigenvalue weighted by Gasteiger charge is 2.25. The van der Waals surface area contributed by atoms with Crippen molar-refractivity contribution < 1.29 is 9.53 Å². The van der Waals surface area contributed by atoms with Crippen molar-refractivity contribution in [1.29, 1.82) is 0 Å². The molecule has 1 aliphatic rings. The lowest BCUT2D eigenvalue weighted by Gasteiger charge is -2.10. The zero-order chi connectivity index (χ0) is 10.1. The Labute approximate surface area is 94.7 Å². The number of hydrogen-bond acceptors (Lipinski definition) is 3. The molecule has 0 bridgehead atoms. The van der Waals surface area contributed by atoms with Crippen molar-refractivity contribution in [3.63, 3.8) is 0 Å². The number of benzene rings is 1. The Morgan fingerprint density at radius 3 is 3.14 bits per heavy atom. The van der Waals surface area contributed by atoms with E-state index in [-0.39, 0.29) is 6.09 Å². The lowest BCUT2D eigenvalue weighted by atomic mass is 10.2. The van der Waals surface area contributed by atoms with Crippen molar-refractivity contribution in [2.75, 3.05) is 7.11 Å². The zero-order valence-corrected chi connectivity index (χ0v) is 9.89. The van der Waals surface area contributed by atoms with Gasteiger partial charge >= 0.3 is 6.09 Å². The van der Waals surface area contributed by atoms with E-state index in [9.17, 15) is 4.79 Å². The molecule has 1 aliphatic heterocycles. The topological polar surface area (TPSA) is 29.5 Å². The first-order valence-electron chi connectivity index (χ1n) is 4.02. The van der Waals surface area contributed by atoms with E-state index in [0.29, 0.717) is 6.54 Å². The summed E-state index contributed by atoms with van der Waals surface area (Å²) in [6.45, 7) is 0.611. The first-order chi connectivity index (χ1) is 6.70. The maximum atomic E-state index is 11.2. The van der Waals surface area contributed by atoms with E-state index < -0.39 is 0 Å². The number of rotatable bonds is 0. The predicted molar refractivity (Wildman–Crippen MR) is 57.9 cm³/mol. The molecular formula is C9H8BrNO2S. The summed E-state index contributed by atoms with van der Waals surface area (Å²) in [4.78, 5) is 12.3. The molecule has 0 N–H and O–H groups in total. The first-order valence-corrected chi connectivity index (χ1v) is 5.59. The van der Waals surface area contributed by atoms with Gasteiger partial charge in [-0.05, 0) is 29.6 Å². The van der Waals surface area contributed by atoms with Gasteiger partial charge in [-0.25, -0.2) is 9.10 Å². The minimum absolute atomic E-state index is 0.303. The maximum absolute atomic E-state index is 11.2. The van der Waals surface area contributed by atoms with Gasteiger partial charge < -0.3 is 4.74 Å². The van der Waals surface area contributed by atoms with E-state index in [0.717, 1.165) is 14.9 Å². The highest BCUT2D eigenvalue weighted by molar-refractivity contribution is 9.10. The van der Waals surface area contributed by atoms with E-state index in [1.54, 1.807) is 4.31 Å². The van der Waals surface area contributed by atoms with Crippen LogP contribution in [0, 0.1) is 0 Å². The molecule has 0 spiro atoms. The van der Waals surface area contributed by atoms with Gasteiger partial charge in [-0.2, -0.15) is 0 Å². The fourth-order valence-electron chi connectivity index (χ4n) is 1.25. The standard InChI is InChI=1S/C9H8BrNO2S/c1-13-9(12)11-5-6-2-3-7(10)4-8(6)14-11/h2-4H,5H2,1H3. The molecule has 0 atom stereocenters. The average molecular weight is 274 g/mol. The summed E-state index contributed by atoms with van der Waals surface area (Å²) >= 11 is 4.80. The fraction of sp³-hybridized carbons (Fsp3) is 0.222. The number of nitrogens with zero attached hydrogens (tertiary/aromatic N) is 1. The highest BCUT2D eigenvalue weighted by Crippen LogP contribution is 2.37. The molecule has 0 saturated carbocycles. The van der Waals surface area contributed by atoms with Gasteiger partial charge in [-0.15, -0.1) is 0 Å². The van der Waals surface area contributed by atoms with E-state index in [1.807, 2.05) is 18.2 Å². The van der Waals surface area contributed by atoms with Crippen LogP contribution < -0.4 is 0 Å². The second-order valence-corrected chi connectivity index (χ2v) is 4.83. The number of ether oxygens (including phenoxy) is 1. The van der Waals surface area contributed by atoms with Crippen LogP contribution in [0.1, 0.15) is 5.56 Å². The van der Waals surface area contributed by atoms with Crippen LogP contribution in [0.2, 0.25) is 0 Å². The Balaban J connectivity index is 2.22. The molecule has 14 heavy (non-hydrogen) atoms. The lowest BCUT2D eigenvalue weighted by molar-refractivity contribution is 0.151. The van der Waals surface area contributed by atoms with Crippen LogP contribution in [0.15, 0.2) is 27.6 Å². The Kier molecular flexibility index (Phi) is 2.69. The SMILES string of the molecule is COC(=O)N1Cc2ccc(Br)cc2S1. The summed E-state index contributed by atoms with van der Waals surface area (Å²) in [6.07, 6.45) is -0.303. The number of hydrogen-bond donors (Lipinski definition) is 0. The molecule has 2 rings (SSSR count). The second-order valence-electron chi connectivity index (χ2n) is 2.85. The highest BCUT2D eigenvalue weighted by atomic mass is 79.9. The van der Waals surface area contributed by atoms with Gasteiger partial charge in [-0.1, -0.05) is 22.0 Å². The van der Waals surface area contributed by atoms with Gasteiger partial charge in [0.25, 0.3) is 0 Å². The monoisotopic (exact) mass is 273 g/mol. The molecule has 0 unspecified atom stereocenters. The van der Waals surface area contributed by atoms with Gasteiger partial charge in [0.2, 0.25) is 0 Å². The molecule has 0 fully saturated rings. The zero-order valence-electron chi connectivity index (χ0n) is 7.49. The number of amides is 1. The van der Waals surface area contributed by atoms with Crippen molar-refractivity contribution in [2.45, 2.75) is 11.4 Å². The third-order valence-electron chi connectivity index (χ3n) is 1.93. The number of fused-ring (bicyclic) bond motifs is 1. The van der Waals surface area contributed by atoms with Crippen LogP contribution in [0.3, 0.4) is 0 Å². The summed E-state index contributed by atoms with van der Waals surface area (Å²) in [5.74, 6) is 0. The van der Waals surface area contributed by atoms with Crippen LogP contribution in [-0.2, 0) is 11.3 Å². The lowest BCUT2D eigenvalue weighted by Crippen LogP contribution is -2.19. The van der Waals surface area contributed by atoms with Crippen molar-refractivity contribution in [2.24, 2.45) is 0 Å². The van der Waals surface area contributed by atoms with Crippen LogP contribution in [0.4, 0.5) is 4.79 Å². The van der Waals surface area contributed by atoms with Crippen molar-refractivity contribution in [3.8, 4) is 0 Å². The van der Waals surface area contributed by atoms with E-state index in [1.165, 1.54) is 19.1 Å². The summed E-state index contributed by atoms with van der Waals surface area (Å²) in [5, 5.41) is 0. The molecule has 1 heterocycles. The van der Waals surface area contributed by atoms with Crippen molar-refractivity contribution in [1.82, 2.24) is 4.31 Å². The Hall–Kier alpha value is -0.680. The number of carbonyl (C=O) groups excluding carboxylic acids is 1. The molecule has 0 aromatic heterocycles. The van der Waals surface area contributed by atoms with Gasteiger partial charge in [0.15, 0.2) is 0 Å². The largest absolute Gasteiger partial charge is 0.452 e. The second kappa shape index (κ2) is 3.82. The van der Waals surface area contributed by atoms with Gasteiger partial charge in [0.05, 0.1) is 13.7 Å². The Bertz CT molecular complexity index is 383. The smallest absolute Gasteiger partial charge is 0.420 e. The predicted octanol–water partition coefficient (Wildman–Crippen LogP) is 3.04. The molecule has 1 amide bonds. The summed E-state index contributed by atoms with van der Waals surface area (Å²) in [7, 11) is 1.39. The minimum atomic E-state index is -0.303. The molecule has 5 heteroatoms. The molecule has 74 valence electrons. The Morgan fingerprint density at radius 1 is 1.64 bits per heavy atom. The molecule has 3 nitrogen and oxygen atoms in total.